The van der Waals surface area contributed by atoms with Gasteiger partial charge in [0.15, 0.2) is 0 Å². The van der Waals surface area contributed by atoms with Gasteiger partial charge in [-0.25, -0.2) is 4.39 Å². The lowest BCUT2D eigenvalue weighted by molar-refractivity contribution is 0.101. The van der Waals surface area contributed by atoms with Crippen molar-refractivity contribution in [2.45, 2.75) is 26.7 Å². The van der Waals surface area contributed by atoms with Gasteiger partial charge in [0.1, 0.15) is 11.5 Å². The fourth-order valence-electron chi connectivity index (χ4n) is 2.16. The van der Waals surface area contributed by atoms with Crippen molar-refractivity contribution < 1.29 is 9.18 Å². The monoisotopic (exact) mass is 353 g/mol. The first-order valence-corrected chi connectivity index (χ1v) is 7.51. The first-order valence-electron chi connectivity index (χ1n) is 6.72. The maximum atomic E-state index is 13.9. The number of amides is 1. The topological polar surface area (TPSA) is 46.9 Å². The summed E-state index contributed by atoms with van der Waals surface area (Å²) >= 11 is 3.26. The van der Waals surface area contributed by atoms with Crippen LogP contribution in [0.3, 0.4) is 0 Å². The van der Waals surface area contributed by atoms with Crippen molar-refractivity contribution in [2.24, 2.45) is 7.05 Å². The first kappa shape index (κ1) is 15.7. The third-order valence-corrected chi connectivity index (χ3v) is 4.10. The van der Waals surface area contributed by atoms with E-state index in [4.69, 9.17) is 0 Å². The molecular weight excluding hydrogens is 337 g/mol. The van der Waals surface area contributed by atoms with Crippen LogP contribution in [0.4, 0.5) is 10.1 Å². The van der Waals surface area contributed by atoms with Crippen molar-refractivity contribution >= 4 is 27.5 Å². The molecule has 0 bridgehead atoms. The summed E-state index contributed by atoms with van der Waals surface area (Å²) < 4.78 is 16.1. The number of rotatable bonds is 4. The molecule has 4 nitrogen and oxygen atoms in total. The number of nitrogens with one attached hydrogen (secondary N) is 1. The van der Waals surface area contributed by atoms with Crippen LogP contribution in [0, 0.1) is 12.7 Å². The summed E-state index contributed by atoms with van der Waals surface area (Å²) in [4.78, 5) is 12.4. The largest absolute Gasteiger partial charge is 0.318 e. The van der Waals surface area contributed by atoms with Crippen LogP contribution in [0.5, 0.6) is 0 Å². The Hall–Kier alpha value is -1.69. The van der Waals surface area contributed by atoms with Crippen LogP contribution in [0.15, 0.2) is 22.8 Å². The lowest BCUT2D eigenvalue weighted by Crippen LogP contribution is -2.18. The third-order valence-electron chi connectivity index (χ3n) is 3.25. The van der Waals surface area contributed by atoms with E-state index in [-0.39, 0.29) is 11.6 Å². The zero-order chi connectivity index (χ0) is 15.6. The summed E-state index contributed by atoms with van der Waals surface area (Å²) in [5, 5.41) is 6.73. The molecule has 1 heterocycles. The molecule has 1 aromatic carbocycles. The third kappa shape index (κ3) is 3.32. The highest BCUT2D eigenvalue weighted by Crippen LogP contribution is 2.24. The van der Waals surface area contributed by atoms with Crippen LogP contribution in [0.2, 0.25) is 0 Å². The quantitative estimate of drug-likeness (QED) is 0.907. The Labute approximate surface area is 131 Å². The molecule has 0 aliphatic heterocycles. The summed E-state index contributed by atoms with van der Waals surface area (Å²) in [7, 11) is 1.71. The Morgan fingerprint density at radius 2 is 2.19 bits per heavy atom. The van der Waals surface area contributed by atoms with E-state index >= 15 is 0 Å². The van der Waals surface area contributed by atoms with Crippen LogP contribution in [0.1, 0.15) is 35.0 Å². The molecule has 1 aromatic heterocycles. The van der Waals surface area contributed by atoms with Crippen molar-refractivity contribution in [3.63, 3.8) is 0 Å². The van der Waals surface area contributed by atoms with Gasteiger partial charge in [-0.15, -0.1) is 0 Å². The molecule has 21 heavy (non-hydrogen) atoms. The highest BCUT2D eigenvalue weighted by molar-refractivity contribution is 9.10. The zero-order valence-electron chi connectivity index (χ0n) is 12.2. The van der Waals surface area contributed by atoms with E-state index < -0.39 is 5.82 Å². The van der Waals surface area contributed by atoms with Crippen LogP contribution in [-0.4, -0.2) is 15.7 Å². The van der Waals surface area contributed by atoms with Gasteiger partial charge in [-0.05, 0) is 31.0 Å². The Morgan fingerprint density at radius 1 is 1.48 bits per heavy atom. The molecule has 0 saturated carbocycles. The van der Waals surface area contributed by atoms with E-state index in [9.17, 15) is 9.18 Å². The number of hydrogen-bond acceptors (Lipinski definition) is 2. The standard InChI is InChI=1S/C15H17BrFN3O/c1-4-5-10-8-18-20(3)14(10)15(21)19-13-6-9(2)11(16)7-12(13)17/h6-8H,4-5H2,1-3H3,(H,19,21). The highest BCUT2D eigenvalue weighted by atomic mass is 79.9. The number of carbonyl (C=O) groups excluding carboxylic acids is 1. The molecule has 0 saturated heterocycles. The summed E-state index contributed by atoms with van der Waals surface area (Å²) in [6.45, 7) is 3.87. The van der Waals surface area contributed by atoms with E-state index in [0.717, 1.165) is 24.0 Å². The van der Waals surface area contributed by atoms with Gasteiger partial charge in [0.05, 0.1) is 11.9 Å². The normalized spacial score (nSPS) is 10.7. The van der Waals surface area contributed by atoms with E-state index in [1.54, 1.807) is 19.3 Å². The minimum Gasteiger partial charge on any atom is -0.318 e. The molecule has 0 aliphatic carbocycles. The molecule has 2 aromatic rings. The Bertz CT molecular complexity index is 682. The van der Waals surface area contributed by atoms with E-state index in [1.165, 1.54) is 10.7 Å². The number of aromatic nitrogens is 2. The van der Waals surface area contributed by atoms with Gasteiger partial charge in [0, 0.05) is 17.1 Å². The average molecular weight is 354 g/mol. The number of nitrogens with zero attached hydrogens (tertiary/aromatic N) is 2. The highest BCUT2D eigenvalue weighted by Gasteiger charge is 2.18. The van der Waals surface area contributed by atoms with Gasteiger partial charge in [-0.2, -0.15) is 5.10 Å². The molecule has 0 spiro atoms. The van der Waals surface area contributed by atoms with Crippen LogP contribution < -0.4 is 5.32 Å². The van der Waals surface area contributed by atoms with Gasteiger partial charge in [-0.1, -0.05) is 29.3 Å². The van der Waals surface area contributed by atoms with Crippen LogP contribution in [0.25, 0.3) is 0 Å². The van der Waals surface area contributed by atoms with Gasteiger partial charge < -0.3 is 5.32 Å². The lowest BCUT2D eigenvalue weighted by Gasteiger charge is -2.10. The number of halogens is 2. The van der Waals surface area contributed by atoms with Crippen molar-refractivity contribution in [3.05, 3.63) is 45.4 Å². The second kappa shape index (κ2) is 6.39. The molecular formula is C15H17BrFN3O. The van der Waals surface area contributed by atoms with Gasteiger partial charge >= 0.3 is 0 Å². The predicted octanol–water partition coefficient (Wildman–Crippen LogP) is 3.83. The maximum Gasteiger partial charge on any atom is 0.274 e. The number of benzene rings is 1. The molecule has 0 atom stereocenters. The predicted molar refractivity (Wildman–Crippen MR) is 84.0 cm³/mol. The Kier molecular flexibility index (Phi) is 4.77. The fraction of sp³-hybridized carbons (Fsp3) is 0.333. The molecule has 6 heteroatoms. The average Bonchev–Trinajstić information content (AvgIpc) is 2.77. The summed E-state index contributed by atoms with van der Waals surface area (Å²) in [6.07, 6.45) is 3.36. The molecule has 0 unspecified atom stereocenters. The van der Waals surface area contributed by atoms with Crippen LogP contribution >= 0.6 is 15.9 Å². The van der Waals surface area contributed by atoms with Crippen molar-refractivity contribution in [2.75, 3.05) is 5.32 Å². The lowest BCUT2D eigenvalue weighted by atomic mass is 10.1. The number of hydrogen-bond donors (Lipinski definition) is 1. The minimum atomic E-state index is -0.472. The molecule has 0 aliphatic rings. The van der Waals surface area contributed by atoms with Gasteiger partial charge in [-0.3, -0.25) is 9.48 Å². The van der Waals surface area contributed by atoms with E-state index in [1.807, 2.05) is 13.8 Å². The molecule has 2 rings (SSSR count). The zero-order valence-corrected chi connectivity index (χ0v) is 13.8. The molecule has 0 fully saturated rings. The molecule has 1 N–H and O–H groups in total. The van der Waals surface area contributed by atoms with Crippen molar-refractivity contribution in [3.8, 4) is 0 Å². The van der Waals surface area contributed by atoms with E-state index in [0.29, 0.717) is 10.2 Å². The second-order valence-corrected chi connectivity index (χ2v) is 5.78. The second-order valence-electron chi connectivity index (χ2n) is 4.93. The molecule has 1 amide bonds. The van der Waals surface area contributed by atoms with Crippen molar-refractivity contribution in [1.82, 2.24) is 9.78 Å². The number of carbonyl (C=O) groups is 1. The Balaban J connectivity index is 2.30. The summed E-state index contributed by atoms with van der Waals surface area (Å²) in [5.74, 6) is -0.820. The van der Waals surface area contributed by atoms with Gasteiger partial charge in [0.25, 0.3) is 5.91 Å². The van der Waals surface area contributed by atoms with Crippen LogP contribution in [-0.2, 0) is 13.5 Å². The fourth-order valence-corrected chi connectivity index (χ4v) is 2.48. The maximum absolute atomic E-state index is 13.9. The molecule has 0 radical (unpaired) electrons. The first-order chi connectivity index (χ1) is 9.93. The number of aryl methyl sites for hydroxylation is 3. The molecule has 112 valence electrons. The summed E-state index contributed by atoms with van der Waals surface area (Å²) in [5.41, 5.74) is 2.36. The SMILES string of the molecule is CCCc1cnn(C)c1C(=O)Nc1cc(C)c(Br)cc1F. The Morgan fingerprint density at radius 3 is 2.86 bits per heavy atom. The minimum absolute atomic E-state index is 0.171. The summed E-state index contributed by atoms with van der Waals surface area (Å²) in [6, 6.07) is 2.95. The van der Waals surface area contributed by atoms with Gasteiger partial charge in [0.2, 0.25) is 0 Å². The van der Waals surface area contributed by atoms with E-state index in [2.05, 4.69) is 26.3 Å². The smallest absolute Gasteiger partial charge is 0.274 e. The van der Waals surface area contributed by atoms with Crippen molar-refractivity contribution in [1.29, 1.82) is 0 Å². The number of anilines is 1.